The molecular weight excluding hydrogens is 204 g/mol. The van der Waals surface area contributed by atoms with Gasteiger partial charge in [0.15, 0.2) is 5.17 Å². The van der Waals surface area contributed by atoms with Crippen molar-refractivity contribution >= 4 is 39.1 Å². The molecule has 74 valence electrons. The lowest BCUT2D eigenvalue weighted by Crippen LogP contribution is -2.10. The molecule has 0 atom stereocenters. The molecule has 0 saturated heterocycles. The molecule has 0 fully saturated rings. The van der Waals surface area contributed by atoms with Crippen LogP contribution in [0.2, 0.25) is 0 Å². The number of nitrogens with zero attached hydrogens (tertiary/aromatic N) is 1. The summed E-state index contributed by atoms with van der Waals surface area (Å²) in [6, 6.07) is 12.5. The number of amidine groups is 1. The Bertz CT molecular complexity index is 555. The first-order valence-corrected chi connectivity index (χ1v) is 6.02. The van der Waals surface area contributed by atoms with Crippen molar-refractivity contribution in [3.8, 4) is 0 Å². The quantitative estimate of drug-likeness (QED) is 0.724. The van der Waals surface area contributed by atoms with E-state index in [4.69, 9.17) is 0 Å². The zero-order chi connectivity index (χ0) is 10.3. The Balaban J connectivity index is 2.38. The van der Waals surface area contributed by atoms with Crippen molar-refractivity contribution in [2.75, 3.05) is 11.6 Å². The molecule has 0 bridgehead atoms. The molecule has 2 nitrogen and oxygen atoms in total. The predicted molar refractivity (Wildman–Crippen MR) is 68.2 cm³/mol. The monoisotopic (exact) mass is 214 g/mol. The molecule has 1 heterocycles. The average Bonchev–Trinajstić information content (AvgIpc) is 2.29. The molecule has 3 rings (SSSR count). The van der Waals surface area contributed by atoms with E-state index in [1.807, 2.05) is 12.3 Å². The summed E-state index contributed by atoms with van der Waals surface area (Å²) < 4.78 is 0. The lowest BCUT2D eigenvalue weighted by molar-refractivity contribution is 1.52. The molecule has 0 unspecified atom stereocenters. The molecule has 1 aliphatic rings. The number of benzene rings is 2. The topological polar surface area (TPSA) is 24.4 Å². The first-order valence-electron chi connectivity index (χ1n) is 4.80. The summed E-state index contributed by atoms with van der Waals surface area (Å²) in [5, 5.41) is 6.74. The highest BCUT2D eigenvalue weighted by Gasteiger charge is 2.12. The Hall–Kier alpha value is -1.48. The largest absolute Gasteiger partial charge is 0.334 e. The van der Waals surface area contributed by atoms with Gasteiger partial charge >= 0.3 is 0 Å². The third-order valence-corrected chi connectivity index (χ3v) is 3.12. The smallest absolute Gasteiger partial charge is 0.165 e. The molecule has 1 N–H and O–H groups in total. The minimum atomic E-state index is 0.959. The summed E-state index contributed by atoms with van der Waals surface area (Å²) in [6.07, 6.45) is 2.03. The molecular formula is C12H10N2S. The fourth-order valence-electron chi connectivity index (χ4n) is 1.87. The highest BCUT2D eigenvalue weighted by Crippen LogP contribution is 2.36. The zero-order valence-electron chi connectivity index (χ0n) is 8.32. The van der Waals surface area contributed by atoms with Crippen LogP contribution in [0.25, 0.3) is 10.8 Å². The van der Waals surface area contributed by atoms with Crippen molar-refractivity contribution in [3.05, 3.63) is 36.4 Å². The summed E-state index contributed by atoms with van der Waals surface area (Å²) in [5.74, 6) is 0. The van der Waals surface area contributed by atoms with Crippen LogP contribution in [0.1, 0.15) is 0 Å². The third-order valence-electron chi connectivity index (χ3n) is 2.54. The van der Waals surface area contributed by atoms with Gasteiger partial charge in [-0.1, -0.05) is 36.0 Å². The molecule has 3 heteroatoms. The van der Waals surface area contributed by atoms with Gasteiger partial charge < -0.3 is 5.32 Å². The van der Waals surface area contributed by atoms with E-state index in [0.29, 0.717) is 0 Å². The lowest BCUT2D eigenvalue weighted by atomic mass is 10.1. The van der Waals surface area contributed by atoms with Gasteiger partial charge in [-0.15, -0.1) is 0 Å². The van der Waals surface area contributed by atoms with Gasteiger partial charge in [0.05, 0.1) is 11.4 Å². The molecule has 2 aromatic rings. The SMILES string of the molecule is CSC1=Nc2cccc3cccc(c23)N1. The molecule has 0 saturated carbocycles. The van der Waals surface area contributed by atoms with Gasteiger partial charge in [0.2, 0.25) is 0 Å². The molecule has 0 radical (unpaired) electrons. The van der Waals surface area contributed by atoms with Gasteiger partial charge in [-0.2, -0.15) is 0 Å². The van der Waals surface area contributed by atoms with Gasteiger partial charge in [0.1, 0.15) is 0 Å². The number of hydrogen-bond donors (Lipinski definition) is 1. The van der Waals surface area contributed by atoms with Crippen molar-refractivity contribution in [2.24, 2.45) is 4.99 Å². The van der Waals surface area contributed by atoms with E-state index in [1.165, 1.54) is 10.8 Å². The Kier molecular flexibility index (Phi) is 1.92. The van der Waals surface area contributed by atoms with Crippen LogP contribution in [0.5, 0.6) is 0 Å². The summed E-state index contributed by atoms with van der Waals surface area (Å²) >= 11 is 1.63. The second-order valence-electron chi connectivity index (χ2n) is 3.43. The van der Waals surface area contributed by atoms with Crippen molar-refractivity contribution < 1.29 is 0 Å². The highest BCUT2D eigenvalue weighted by atomic mass is 32.2. The normalized spacial score (nSPS) is 13.5. The number of nitrogens with one attached hydrogen (secondary N) is 1. The van der Waals surface area contributed by atoms with E-state index < -0.39 is 0 Å². The molecule has 0 spiro atoms. The second kappa shape index (κ2) is 3.28. The fraction of sp³-hybridized carbons (Fsp3) is 0.0833. The van der Waals surface area contributed by atoms with E-state index in [2.05, 4.69) is 40.6 Å². The summed E-state index contributed by atoms with van der Waals surface area (Å²) in [5.41, 5.74) is 2.22. The van der Waals surface area contributed by atoms with E-state index >= 15 is 0 Å². The molecule has 2 aromatic carbocycles. The molecule has 0 amide bonds. The van der Waals surface area contributed by atoms with Crippen molar-refractivity contribution in [2.45, 2.75) is 0 Å². The maximum atomic E-state index is 4.55. The number of aliphatic imine (C=N–C) groups is 1. The van der Waals surface area contributed by atoms with Gasteiger partial charge in [0.25, 0.3) is 0 Å². The lowest BCUT2D eigenvalue weighted by Gasteiger charge is -2.17. The van der Waals surface area contributed by atoms with Crippen molar-refractivity contribution in [3.63, 3.8) is 0 Å². The molecule has 1 aliphatic heterocycles. The van der Waals surface area contributed by atoms with Gasteiger partial charge in [-0.3, -0.25) is 0 Å². The highest BCUT2D eigenvalue weighted by molar-refractivity contribution is 8.13. The third kappa shape index (κ3) is 1.31. The summed E-state index contributed by atoms with van der Waals surface area (Å²) in [6.45, 7) is 0. The zero-order valence-corrected chi connectivity index (χ0v) is 9.14. The Labute approximate surface area is 92.4 Å². The predicted octanol–water partition coefficient (Wildman–Crippen LogP) is 3.62. The van der Waals surface area contributed by atoms with Crippen LogP contribution in [0.3, 0.4) is 0 Å². The van der Waals surface area contributed by atoms with Crippen LogP contribution >= 0.6 is 11.8 Å². The molecule has 0 aliphatic carbocycles. The summed E-state index contributed by atoms with van der Waals surface area (Å²) in [4.78, 5) is 4.55. The van der Waals surface area contributed by atoms with Gasteiger partial charge in [0, 0.05) is 5.39 Å². The van der Waals surface area contributed by atoms with Gasteiger partial charge in [-0.05, 0) is 23.8 Å². The van der Waals surface area contributed by atoms with Gasteiger partial charge in [-0.25, -0.2) is 4.99 Å². The van der Waals surface area contributed by atoms with Crippen LogP contribution in [-0.2, 0) is 0 Å². The number of thioether (sulfide) groups is 1. The molecule has 15 heavy (non-hydrogen) atoms. The van der Waals surface area contributed by atoms with E-state index in [-0.39, 0.29) is 0 Å². The van der Waals surface area contributed by atoms with Crippen LogP contribution in [0.4, 0.5) is 11.4 Å². The maximum Gasteiger partial charge on any atom is 0.165 e. The number of hydrogen-bond acceptors (Lipinski definition) is 3. The Morgan fingerprint density at radius 3 is 2.73 bits per heavy atom. The van der Waals surface area contributed by atoms with Crippen molar-refractivity contribution in [1.29, 1.82) is 0 Å². The van der Waals surface area contributed by atoms with E-state index in [0.717, 1.165) is 16.5 Å². The molecule has 0 aromatic heterocycles. The standard InChI is InChI=1S/C12H10N2S/c1-15-12-13-9-6-2-4-8-5-3-7-10(14-12)11(8)9/h2-7H,1H3,(H,13,14). The van der Waals surface area contributed by atoms with Crippen LogP contribution < -0.4 is 5.32 Å². The van der Waals surface area contributed by atoms with Crippen LogP contribution in [0, 0.1) is 0 Å². The minimum Gasteiger partial charge on any atom is -0.334 e. The second-order valence-corrected chi connectivity index (χ2v) is 4.22. The van der Waals surface area contributed by atoms with Crippen LogP contribution in [0.15, 0.2) is 41.4 Å². The number of anilines is 1. The van der Waals surface area contributed by atoms with Crippen LogP contribution in [-0.4, -0.2) is 11.4 Å². The van der Waals surface area contributed by atoms with Crippen molar-refractivity contribution in [1.82, 2.24) is 0 Å². The average molecular weight is 214 g/mol. The maximum absolute atomic E-state index is 4.55. The van der Waals surface area contributed by atoms with E-state index in [1.54, 1.807) is 11.8 Å². The Morgan fingerprint density at radius 2 is 1.93 bits per heavy atom. The minimum absolute atomic E-state index is 0.959. The first-order chi connectivity index (χ1) is 7.38. The first kappa shape index (κ1) is 8.80. The summed E-state index contributed by atoms with van der Waals surface area (Å²) in [7, 11) is 0. The fourth-order valence-corrected chi connectivity index (χ4v) is 2.27. The Morgan fingerprint density at radius 1 is 1.13 bits per heavy atom. The van der Waals surface area contributed by atoms with E-state index in [9.17, 15) is 0 Å². The number of rotatable bonds is 0.